The molecular formula is C21H26N2O4. The molecule has 1 N–H and O–H groups in total. The first-order valence-electron chi connectivity index (χ1n) is 8.83. The van der Waals surface area contributed by atoms with Gasteiger partial charge in [-0.2, -0.15) is 0 Å². The summed E-state index contributed by atoms with van der Waals surface area (Å²) in [5, 5.41) is 2.83. The third-order valence-electron chi connectivity index (χ3n) is 3.85. The lowest BCUT2D eigenvalue weighted by Crippen LogP contribution is -2.39. The Labute approximate surface area is 160 Å². The molecular weight excluding hydrogens is 344 g/mol. The fourth-order valence-corrected chi connectivity index (χ4v) is 2.50. The standard InChI is InChI=1S/C21H26N2O4/c1-15(2)27-20-11-7-18(8-12-20)23(16(3)24)14-21(25)22-13-17-5-9-19(26-4)10-6-17/h5-12,15H,13-14H2,1-4H3,(H,22,25). The molecule has 0 saturated heterocycles. The number of carbonyl (C=O) groups is 2. The van der Waals surface area contributed by atoms with Crippen molar-refractivity contribution in [2.45, 2.75) is 33.4 Å². The number of nitrogens with one attached hydrogen (secondary N) is 1. The van der Waals surface area contributed by atoms with Gasteiger partial charge < -0.3 is 19.7 Å². The zero-order valence-electron chi connectivity index (χ0n) is 16.2. The van der Waals surface area contributed by atoms with Crippen LogP contribution in [0, 0.1) is 0 Å². The number of ether oxygens (including phenoxy) is 2. The second kappa shape index (κ2) is 9.62. The van der Waals surface area contributed by atoms with Gasteiger partial charge in [-0.3, -0.25) is 9.59 Å². The normalized spacial score (nSPS) is 10.4. The Morgan fingerprint density at radius 2 is 1.59 bits per heavy atom. The van der Waals surface area contributed by atoms with Crippen LogP contribution < -0.4 is 19.7 Å². The number of hydrogen-bond donors (Lipinski definition) is 1. The molecule has 27 heavy (non-hydrogen) atoms. The summed E-state index contributed by atoms with van der Waals surface area (Å²) < 4.78 is 10.7. The number of carbonyl (C=O) groups excluding carboxylic acids is 2. The van der Waals surface area contributed by atoms with Crippen LogP contribution in [0.1, 0.15) is 26.3 Å². The fourth-order valence-electron chi connectivity index (χ4n) is 2.50. The predicted molar refractivity (Wildman–Crippen MR) is 105 cm³/mol. The lowest BCUT2D eigenvalue weighted by Gasteiger charge is -2.21. The Kier molecular flexibility index (Phi) is 7.23. The molecule has 0 heterocycles. The summed E-state index contributed by atoms with van der Waals surface area (Å²) in [7, 11) is 1.61. The van der Waals surface area contributed by atoms with Crippen LogP contribution in [0.25, 0.3) is 0 Å². The van der Waals surface area contributed by atoms with E-state index in [9.17, 15) is 9.59 Å². The molecule has 0 bridgehead atoms. The summed E-state index contributed by atoms with van der Waals surface area (Å²) in [5.74, 6) is 1.05. The van der Waals surface area contributed by atoms with Crippen molar-refractivity contribution in [3.8, 4) is 11.5 Å². The van der Waals surface area contributed by atoms with Crippen LogP contribution in [0.3, 0.4) is 0 Å². The van der Waals surface area contributed by atoms with E-state index in [0.717, 1.165) is 17.1 Å². The van der Waals surface area contributed by atoms with Gasteiger partial charge in [0.15, 0.2) is 0 Å². The molecule has 2 rings (SSSR count). The van der Waals surface area contributed by atoms with Crippen LogP contribution >= 0.6 is 0 Å². The fraction of sp³-hybridized carbons (Fsp3) is 0.333. The van der Waals surface area contributed by atoms with Crippen molar-refractivity contribution in [2.24, 2.45) is 0 Å². The summed E-state index contributed by atoms with van der Waals surface area (Å²) in [4.78, 5) is 25.7. The van der Waals surface area contributed by atoms with Gasteiger partial charge in [0.1, 0.15) is 18.0 Å². The third-order valence-corrected chi connectivity index (χ3v) is 3.85. The quantitative estimate of drug-likeness (QED) is 0.775. The van der Waals surface area contributed by atoms with Gasteiger partial charge in [0.05, 0.1) is 13.2 Å². The molecule has 2 aromatic carbocycles. The van der Waals surface area contributed by atoms with E-state index in [4.69, 9.17) is 9.47 Å². The molecule has 2 amide bonds. The molecule has 0 unspecified atom stereocenters. The van der Waals surface area contributed by atoms with E-state index in [1.54, 1.807) is 31.4 Å². The Balaban J connectivity index is 1.96. The van der Waals surface area contributed by atoms with E-state index in [1.807, 2.05) is 38.1 Å². The highest BCUT2D eigenvalue weighted by atomic mass is 16.5. The first kappa shape index (κ1) is 20.3. The minimum Gasteiger partial charge on any atom is -0.497 e. The molecule has 0 aliphatic rings. The average Bonchev–Trinajstić information content (AvgIpc) is 2.65. The average molecular weight is 370 g/mol. The van der Waals surface area contributed by atoms with E-state index in [1.165, 1.54) is 11.8 Å². The summed E-state index contributed by atoms with van der Waals surface area (Å²) in [6, 6.07) is 14.6. The van der Waals surface area contributed by atoms with E-state index in [0.29, 0.717) is 12.2 Å². The number of hydrogen-bond acceptors (Lipinski definition) is 4. The van der Waals surface area contributed by atoms with Crippen LogP contribution in [-0.2, 0) is 16.1 Å². The van der Waals surface area contributed by atoms with E-state index in [-0.39, 0.29) is 24.5 Å². The van der Waals surface area contributed by atoms with Gasteiger partial charge in [-0.25, -0.2) is 0 Å². The minimum absolute atomic E-state index is 0.0458. The summed E-state index contributed by atoms with van der Waals surface area (Å²) >= 11 is 0. The summed E-state index contributed by atoms with van der Waals surface area (Å²) in [6.45, 7) is 5.67. The molecule has 0 aliphatic heterocycles. The molecule has 2 aromatic rings. The zero-order valence-corrected chi connectivity index (χ0v) is 16.2. The maximum Gasteiger partial charge on any atom is 0.240 e. The van der Waals surface area contributed by atoms with Gasteiger partial charge in [0, 0.05) is 19.2 Å². The largest absolute Gasteiger partial charge is 0.497 e. The van der Waals surface area contributed by atoms with E-state index >= 15 is 0 Å². The Morgan fingerprint density at radius 1 is 1.00 bits per heavy atom. The monoisotopic (exact) mass is 370 g/mol. The van der Waals surface area contributed by atoms with Gasteiger partial charge in [-0.15, -0.1) is 0 Å². The lowest BCUT2D eigenvalue weighted by molar-refractivity contribution is -0.123. The van der Waals surface area contributed by atoms with E-state index < -0.39 is 0 Å². The van der Waals surface area contributed by atoms with Crippen LogP contribution in [0.4, 0.5) is 5.69 Å². The Hall–Kier alpha value is -3.02. The maximum absolute atomic E-state index is 12.3. The third kappa shape index (κ3) is 6.33. The number of methoxy groups -OCH3 is 1. The van der Waals surface area contributed by atoms with Crippen LogP contribution in [0.2, 0.25) is 0 Å². The molecule has 6 heteroatoms. The van der Waals surface area contributed by atoms with Crippen molar-refractivity contribution in [2.75, 3.05) is 18.6 Å². The van der Waals surface area contributed by atoms with Gasteiger partial charge in [-0.05, 0) is 55.8 Å². The van der Waals surface area contributed by atoms with Crippen molar-refractivity contribution < 1.29 is 19.1 Å². The van der Waals surface area contributed by atoms with Crippen molar-refractivity contribution in [1.82, 2.24) is 5.32 Å². The number of amides is 2. The van der Waals surface area contributed by atoms with Gasteiger partial charge in [0.25, 0.3) is 0 Å². The highest BCUT2D eigenvalue weighted by Gasteiger charge is 2.16. The van der Waals surface area contributed by atoms with Crippen molar-refractivity contribution in [1.29, 1.82) is 0 Å². The maximum atomic E-state index is 12.3. The molecule has 0 spiro atoms. The SMILES string of the molecule is COc1ccc(CNC(=O)CN(C(C)=O)c2ccc(OC(C)C)cc2)cc1. The Morgan fingerprint density at radius 3 is 2.11 bits per heavy atom. The van der Waals surface area contributed by atoms with E-state index in [2.05, 4.69) is 5.32 Å². The topological polar surface area (TPSA) is 67.9 Å². The smallest absolute Gasteiger partial charge is 0.240 e. The molecule has 0 aromatic heterocycles. The van der Waals surface area contributed by atoms with Gasteiger partial charge in [0.2, 0.25) is 11.8 Å². The van der Waals surface area contributed by atoms with Crippen molar-refractivity contribution in [3.05, 3.63) is 54.1 Å². The van der Waals surface area contributed by atoms with Crippen molar-refractivity contribution in [3.63, 3.8) is 0 Å². The first-order valence-corrected chi connectivity index (χ1v) is 8.83. The molecule has 0 saturated carbocycles. The lowest BCUT2D eigenvalue weighted by atomic mass is 10.2. The van der Waals surface area contributed by atoms with Crippen LogP contribution in [0.15, 0.2) is 48.5 Å². The molecule has 144 valence electrons. The summed E-state index contributed by atoms with van der Waals surface area (Å²) in [5.41, 5.74) is 1.60. The number of nitrogens with zero attached hydrogens (tertiary/aromatic N) is 1. The number of anilines is 1. The van der Waals surface area contributed by atoms with Gasteiger partial charge in [-0.1, -0.05) is 12.1 Å². The second-order valence-corrected chi connectivity index (χ2v) is 6.39. The zero-order chi connectivity index (χ0) is 19.8. The number of rotatable bonds is 8. The van der Waals surface area contributed by atoms with Crippen LogP contribution in [-0.4, -0.2) is 31.6 Å². The molecule has 0 fully saturated rings. The minimum atomic E-state index is -0.233. The first-order chi connectivity index (χ1) is 12.9. The van der Waals surface area contributed by atoms with Crippen LogP contribution in [0.5, 0.6) is 11.5 Å². The van der Waals surface area contributed by atoms with Gasteiger partial charge >= 0.3 is 0 Å². The van der Waals surface area contributed by atoms with Crippen molar-refractivity contribution >= 4 is 17.5 Å². The predicted octanol–water partition coefficient (Wildman–Crippen LogP) is 3.15. The number of benzene rings is 2. The Bertz CT molecular complexity index is 755. The highest BCUT2D eigenvalue weighted by Crippen LogP contribution is 2.20. The second-order valence-electron chi connectivity index (χ2n) is 6.39. The molecule has 6 nitrogen and oxygen atoms in total. The highest BCUT2D eigenvalue weighted by molar-refractivity contribution is 5.97. The summed E-state index contributed by atoms with van der Waals surface area (Å²) in [6.07, 6.45) is 0.0727. The molecule has 0 radical (unpaired) electrons. The molecule has 0 aliphatic carbocycles. The molecule has 0 atom stereocenters.